The van der Waals surface area contributed by atoms with Gasteiger partial charge in [-0.3, -0.25) is 0 Å². The van der Waals surface area contributed by atoms with Crippen molar-refractivity contribution in [2.75, 3.05) is 40.2 Å². The maximum absolute atomic E-state index is 15.9. The lowest BCUT2D eigenvalue weighted by atomic mass is 10.0. The number of hydrogen-bond acceptors (Lipinski definition) is 14. The SMILES string of the molecule is COc1ccc(CN(Cc2ccc(OC)cc2)S(=O)(=O)c2c(S(=O)(=O)N[C@@H]3CCN(C(=O)OC(C)(C)C)C3)ccc(-c3ccc(N)nc3)c2-c2nnn(Cc3ccc(OC)cc3)n2)cc1. The normalized spacial score (nSPS) is 14.4. The van der Waals surface area contributed by atoms with Crippen molar-refractivity contribution >= 4 is 32.0 Å². The number of nitrogens with one attached hydrogen (secondary N) is 1. The lowest BCUT2D eigenvalue weighted by Gasteiger charge is -2.27. The molecule has 0 spiro atoms. The summed E-state index contributed by atoms with van der Waals surface area (Å²) in [6.07, 6.45) is 1.10. The summed E-state index contributed by atoms with van der Waals surface area (Å²) in [5.74, 6) is 1.80. The number of hydrogen-bond donors (Lipinski definition) is 2. The van der Waals surface area contributed by atoms with E-state index >= 15 is 8.42 Å². The Balaban J connectivity index is 1.42. The number of nitrogens with zero attached hydrogens (tertiary/aromatic N) is 7. The van der Waals surface area contributed by atoms with E-state index in [0.29, 0.717) is 33.9 Å². The number of benzene rings is 4. The Labute approximate surface area is 378 Å². The Hall–Kier alpha value is -6.61. The quantitative estimate of drug-likeness (QED) is 0.118. The molecule has 0 bridgehead atoms. The summed E-state index contributed by atoms with van der Waals surface area (Å²) < 4.78 is 87.3. The first-order valence-electron chi connectivity index (χ1n) is 20.5. The van der Waals surface area contributed by atoms with E-state index in [1.807, 2.05) is 12.1 Å². The molecule has 1 saturated heterocycles. The van der Waals surface area contributed by atoms with Crippen LogP contribution in [0.3, 0.4) is 0 Å². The van der Waals surface area contributed by atoms with E-state index in [4.69, 9.17) is 24.7 Å². The molecule has 1 aliphatic rings. The molecule has 1 aliphatic heterocycles. The standard InChI is InChI=1S/C45H51N9O9S2/c1-45(2,3)63-44(55)52-24-23-34(29-52)50-64(56,57)39-21-20-38(33-13-22-40(46)47-25-33)41(43-48-51-54(49-43)28-32-11-18-37(62-6)19-12-32)42(39)65(58,59)53(26-30-7-14-35(60-4)15-8-30)27-31-9-16-36(61-5)17-10-31/h7-22,25,34,50H,23-24,26-29H2,1-6H3,(H2,46,47)/t34-/m1/s1. The van der Waals surface area contributed by atoms with Gasteiger partial charge in [0.2, 0.25) is 25.9 Å². The van der Waals surface area contributed by atoms with Crippen LogP contribution in [0, 0.1) is 0 Å². The van der Waals surface area contributed by atoms with E-state index < -0.39 is 47.6 Å². The Morgan fingerprint density at radius 1 is 0.800 bits per heavy atom. The molecule has 1 fully saturated rings. The van der Waals surface area contributed by atoms with E-state index in [-0.39, 0.29) is 61.9 Å². The number of carbonyl (C=O) groups is 1. The fourth-order valence-electron chi connectivity index (χ4n) is 7.22. The van der Waals surface area contributed by atoms with Gasteiger partial charge >= 0.3 is 6.09 Å². The van der Waals surface area contributed by atoms with Crippen LogP contribution in [0.15, 0.2) is 113 Å². The minimum atomic E-state index is -4.90. The van der Waals surface area contributed by atoms with E-state index in [1.165, 1.54) is 46.6 Å². The molecule has 3 heterocycles. The number of anilines is 1. The molecule has 65 heavy (non-hydrogen) atoms. The first-order valence-corrected chi connectivity index (χ1v) is 23.4. The number of ether oxygens (including phenoxy) is 4. The van der Waals surface area contributed by atoms with Crippen LogP contribution >= 0.6 is 0 Å². The summed E-state index contributed by atoms with van der Waals surface area (Å²) in [5.41, 5.74) is 7.67. The van der Waals surface area contributed by atoms with E-state index in [0.717, 1.165) is 5.56 Å². The van der Waals surface area contributed by atoms with Gasteiger partial charge in [-0.1, -0.05) is 42.5 Å². The minimum absolute atomic E-state index is 0.0133. The average Bonchev–Trinajstić information content (AvgIpc) is 3.96. The number of rotatable bonds is 16. The summed E-state index contributed by atoms with van der Waals surface area (Å²) in [6, 6.07) is 26.1. The third kappa shape index (κ3) is 11.0. The second-order valence-corrected chi connectivity index (χ2v) is 19.8. The molecule has 0 unspecified atom stereocenters. The molecular formula is C45H51N9O9S2. The number of tetrazole rings is 1. The van der Waals surface area contributed by atoms with Crippen molar-refractivity contribution in [1.29, 1.82) is 0 Å². The summed E-state index contributed by atoms with van der Waals surface area (Å²) in [7, 11) is -5.01. The second-order valence-electron chi connectivity index (χ2n) is 16.3. The van der Waals surface area contributed by atoms with Gasteiger partial charge < -0.3 is 29.6 Å². The van der Waals surface area contributed by atoms with E-state index in [2.05, 4.69) is 25.1 Å². The molecule has 18 nitrogen and oxygen atoms in total. The molecule has 4 aromatic carbocycles. The number of methoxy groups -OCH3 is 3. The summed E-state index contributed by atoms with van der Waals surface area (Å²) in [4.78, 5) is 18.8. The molecule has 3 N–H and O–H groups in total. The van der Waals surface area contributed by atoms with Crippen LogP contribution in [0.4, 0.5) is 10.6 Å². The molecule has 0 aliphatic carbocycles. The maximum atomic E-state index is 15.9. The van der Waals surface area contributed by atoms with Crippen LogP contribution in [0.1, 0.15) is 43.9 Å². The van der Waals surface area contributed by atoms with Gasteiger partial charge in [-0.25, -0.2) is 31.3 Å². The molecular weight excluding hydrogens is 875 g/mol. The topological polar surface area (TPSA) is 223 Å². The summed E-state index contributed by atoms with van der Waals surface area (Å²) in [6.45, 7) is 5.17. The molecule has 20 heteroatoms. The highest BCUT2D eigenvalue weighted by molar-refractivity contribution is 7.92. The lowest BCUT2D eigenvalue weighted by molar-refractivity contribution is 0.0292. The zero-order valence-corrected chi connectivity index (χ0v) is 38.5. The van der Waals surface area contributed by atoms with Gasteiger partial charge in [-0.05, 0) is 109 Å². The van der Waals surface area contributed by atoms with Crippen molar-refractivity contribution in [2.45, 2.75) is 68.3 Å². The van der Waals surface area contributed by atoms with Crippen molar-refractivity contribution in [1.82, 2.24) is 39.1 Å². The molecule has 1 amide bonds. The van der Waals surface area contributed by atoms with E-state index in [9.17, 15) is 13.2 Å². The molecule has 7 rings (SSSR count). The number of amides is 1. The van der Waals surface area contributed by atoms with Gasteiger partial charge in [-0.15, -0.1) is 10.2 Å². The smallest absolute Gasteiger partial charge is 0.410 e. The molecule has 0 radical (unpaired) electrons. The fourth-order valence-corrected chi connectivity index (χ4v) is 10.9. The van der Waals surface area contributed by atoms with Crippen LogP contribution in [-0.2, 0) is 44.4 Å². The first kappa shape index (κ1) is 46.4. The Bertz CT molecular complexity index is 2790. The Kier molecular flexibility index (Phi) is 13.7. The van der Waals surface area contributed by atoms with Crippen LogP contribution in [0.2, 0.25) is 0 Å². The maximum Gasteiger partial charge on any atom is 0.410 e. The number of pyridine rings is 1. The van der Waals surface area contributed by atoms with Crippen LogP contribution in [-0.4, -0.2) is 103 Å². The van der Waals surface area contributed by atoms with Gasteiger partial charge in [0.1, 0.15) is 38.5 Å². The minimum Gasteiger partial charge on any atom is -0.497 e. The number of likely N-dealkylation sites (tertiary alicyclic amines) is 1. The van der Waals surface area contributed by atoms with Crippen molar-refractivity contribution < 1.29 is 40.6 Å². The fraction of sp³-hybridized carbons (Fsp3) is 0.311. The third-order valence-corrected chi connectivity index (χ3v) is 14.0. The summed E-state index contributed by atoms with van der Waals surface area (Å²) >= 11 is 0. The van der Waals surface area contributed by atoms with Gasteiger partial charge in [-0.2, -0.15) is 9.10 Å². The number of aromatic nitrogens is 5. The number of nitrogens with two attached hydrogens (primary N) is 1. The highest BCUT2D eigenvalue weighted by Gasteiger charge is 2.40. The van der Waals surface area contributed by atoms with Crippen molar-refractivity contribution in [3.05, 3.63) is 120 Å². The first-order chi connectivity index (χ1) is 31.0. The molecule has 6 aromatic rings. The zero-order chi connectivity index (χ0) is 46.5. The van der Waals surface area contributed by atoms with Gasteiger partial charge in [0.05, 0.1) is 33.4 Å². The van der Waals surface area contributed by atoms with Gasteiger partial charge in [0.15, 0.2) is 0 Å². The van der Waals surface area contributed by atoms with Gasteiger partial charge in [0, 0.05) is 44.0 Å². The number of sulfonamides is 2. The number of nitrogen functional groups attached to an aromatic ring is 1. The van der Waals surface area contributed by atoms with Crippen LogP contribution in [0.25, 0.3) is 22.5 Å². The van der Waals surface area contributed by atoms with Crippen molar-refractivity contribution in [2.24, 2.45) is 0 Å². The van der Waals surface area contributed by atoms with E-state index in [1.54, 1.807) is 101 Å². The number of carbonyl (C=O) groups excluding carboxylic acids is 1. The van der Waals surface area contributed by atoms with Gasteiger partial charge in [0.25, 0.3) is 0 Å². The van der Waals surface area contributed by atoms with Crippen LogP contribution < -0.4 is 24.7 Å². The van der Waals surface area contributed by atoms with Crippen molar-refractivity contribution in [3.8, 4) is 39.8 Å². The molecule has 2 aromatic heterocycles. The Morgan fingerprint density at radius 2 is 1.37 bits per heavy atom. The second kappa shape index (κ2) is 19.2. The summed E-state index contributed by atoms with van der Waals surface area (Å²) in [5, 5.41) is 13.4. The molecule has 342 valence electrons. The Morgan fingerprint density at radius 3 is 1.89 bits per heavy atom. The van der Waals surface area contributed by atoms with Crippen molar-refractivity contribution in [3.63, 3.8) is 0 Å². The predicted octanol–water partition coefficient (Wildman–Crippen LogP) is 5.74. The third-order valence-electron chi connectivity index (χ3n) is 10.5. The van der Waals surface area contributed by atoms with Crippen LogP contribution in [0.5, 0.6) is 17.2 Å². The molecule has 1 atom stereocenters. The predicted molar refractivity (Wildman–Crippen MR) is 242 cm³/mol. The molecule has 0 saturated carbocycles. The average molecular weight is 926 g/mol. The highest BCUT2D eigenvalue weighted by Crippen LogP contribution is 2.41. The zero-order valence-electron chi connectivity index (χ0n) is 36.8. The highest BCUT2D eigenvalue weighted by atomic mass is 32.2. The lowest BCUT2D eigenvalue weighted by Crippen LogP contribution is -2.41. The monoisotopic (exact) mass is 925 g/mol. The largest absolute Gasteiger partial charge is 0.497 e.